The number of hydrogen-bond donors (Lipinski definition) is 2. The Labute approximate surface area is 132 Å². The molecule has 2 rings (SSSR count). The third-order valence-electron chi connectivity index (χ3n) is 3.29. The number of rotatable bonds is 6. The molecule has 1 aliphatic heterocycles. The molecule has 0 aromatic heterocycles. The second kappa shape index (κ2) is 7.86. The van der Waals surface area contributed by atoms with Gasteiger partial charge in [0, 0.05) is 11.0 Å². The summed E-state index contributed by atoms with van der Waals surface area (Å²) in [6, 6.07) is 5.30. The minimum atomic E-state index is -0.116. The van der Waals surface area contributed by atoms with E-state index in [1.165, 1.54) is 6.42 Å². The highest BCUT2D eigenvalue weighted by Crippen LogP contribution is 2.27. The van der Waals surface area contributed by atoms with Gasteiger partial charge in [-0.15, -0.1) is 0 Å². The van der Waals surface area contributed by atoms with Gasteiger partial charge in [-0.3, -0.25) is 4.79 Å². The molecule has 1 saturated heterocycles. The lowest BCUT2D eigenvalue weighted by Gasteiger charge is -2.11. The van der Waals surface area contributed by atoms with Crippen LogP contribution in [0.1, 0.15) is 12.8 Å². The van der Waals surface area contributed by atoms with Gasteiger partial charge in [0.1, 0.15) is 5.75 Å². The lowest BCUT2D eigenvalue weighted by atomic mass is 10.1. The number of nitrogens with one attached hydrogen (secondary N) is 2. The molecule has 1 unspecified atom stereocenters. The number of carbonyl (C=O) groups excluding carboxylic acids is 1. The van der Waals surface area contributed by atoms with Crippen LogP contribution in [0.15, 0.2) is 22.7 Å². The van der Waals surface area contributed by atoms with E-state index in [1.807, 2.05) is 6.07 Å². The summed E-state index contributed by atoms with van der Waals surface area (Å²) in [5.41, 5.74) is 0. The molecule has 1 amide bonds. The molecule has 1 aromatic carbocycles. The maximum Gasteiger partial charge on any atom is 0.257 e. The van der Waals surface area contributed by atoms with E-state index >= 15 is 0 Å². The summed E-state index contributed by atoms with van der Waals surface area (Å²) in [4.78, 5) is 11.7. The molecule has 0 aliphatic carbocycles. The van der Waals surface area contributed by atoms with Gasteiger partial charge in [-0.1, -0.05) is 27.5 Å². The Hall–Kier alpha value is -0.780. The Kier molecular flexibility index (Phi) is 6.13. The predicted octanol–water partition coefficient (Wildman–Crippen LogP) is 2.60. The largest absolute Gasteiger partial charge is 0.482 e. The number of hydrogen-bond acceptors (Lipinski definition) is 3. The van der Waals surface area contributed by atoms with Crippen LogP contribution in [0.5, 0.6) is 5.75 Å². The van der Waals surface area contributed by atoms with Crippen LogP contribution in [0.3, 0.4) is 0 Å². The summed E-state index contributed by atoms with van der Waals surface area (Å²) in [6.45, 7) is 2.83. The fourth-order valence-electron chi connectivity index (χ4n) is 2.16. The fourth-order valence-corrected chi connectivity index (χ4v) is 2.89. The summed E-state index contributed by atoms with van der Waals surface area (Å²) >= 11 is 9.33. The van der Waals surface area contributed by atoms with Crippen LogP contribution in [0.2, 0.25) is 5.02 Å². The van der Waals surface area contributed by atoms with Gasteiger partial charge in [0.05, 0.1) is 5.02 Å². The van der Waals surface area contributed by atoms with E-state index in [-0.39, 0.29) is 12.5 Å². The molecule has 1 heterocycles. The van der Waals surface area contributed by atoms with Gasteiger partial charge in [-0.25, -0.2) is 0 Å². The lowest BCUT2D eigenvalue weighted by molar-refractivity contribution is -0.123. The zero-order valence-corrected chi connectivity index (χ0v) is 13.5. The minimum Gasteiger partial charge on any atom is -0.482 e. The topological polar surface area (TPSA) is 50.4 Å². The predicted molar refractivity (Wildman–Crippen MR) is 83.3 cm³/mol. The first-order valence-corrected chi connectivity index (χ1v) is 7.87. The molecule has 2 N–H and O–H groups in total. The Morgan fingerprint density at radius 2 is 2.40 bits per heavy atom. The van der Waals surface area contributed by atoms with Crippen molar-refractivity contribution in [2.45, 2.75) is 12.8 Å². The molecular formula is C14H18BrClN2O2. The Balaban J connectivity index is 1.66. The van der Waals surface area contributed by atoms with Crippen LogP contribution in [0.4, 0.5) is 0 Å². The summed E-state index contributed by atoms with van der Waals surface area (Å²) < 4.78 is 6.28. The van der Waals surface area contributed by atoms with Crippen LogP contribution in [-0.4, -0.2) is 32.1 Å². The molecular weight excluding hydrogens is 344 g/mol. The molecule has 0 radical (unpaired) electrons. The highest BCUT2D eigenvalue weighted by molar-refractivity contribution is 9.10. The normalized spacial score (nSPS) is 18.0. The lowest BCUT2D eigenvalue weighted by Crippen LogP contribution is -2.30. The summed E-state index contributed by atoms with van der Waals surface area (Å²) in [5.74, 6) is 1.08. The number of ether oxygens (including phenoxy) is 1. The van der Waals surface area contributed by atoms with Crippen molar-refractivity contribution in [3.63, 3.8) is 0 Å². The van der Waals surface area contributed by atoms with Gasteiger partial charge in [-0.05, 0) is 50.0 Å². The van der Waals surface area contributed by atoms with Crippen LogP contribution in [0.25, 0.3) is 0 Å². The van der Waals surface area contributed by atoms with Crippen molar-refractivity contribution in [2.24, 2.45) is 5.92 Å². The maximum absolute atomic E-state index is 11.7. The van der Waals surface area contributed by atoms with Crippen LogP contribution in [-0.2, 0) is 4.79 Å². The quantitative estimate of drug-likeness (QED) is 0.819. The fraction of sp³-hybridized carbons (Fsp3) is 0.500. The molecule has 1 aromatic rings. The third-order valence-corrected chi connectivity index (χ3v) is 4.08. The minimum absolute atomic E-state index is 0.00965. The second-order valence-corrected chi connectivity index (χ2v) is 6.18. The van der Waals surface area contributed by atoms with Crippen molar-refractivity contribution in [1.82, 2.24) is 10.6 Å². The molecule has 6 heteroatoms. The van der Waals surface area contributed by atoms with E-state index in [9.17, 15) is 4.79 Å². The molecule has 1 atom stereocenters. The molecule has 0 bridgehead atoms. The van der Waals surface area contributed by atoms with Crippen molar-refractivity contribution < 1.29 is 9.53 Å². The third kappa shape index (κ3) is 4.96. The zero-order valence-electron chi connectivity index (χ0n) is 11.1. The van der Waals surface area contributed by atoms with E-state index in [0.717, 1.165) is 24.0 Å². The Morgan fingerprint density at radius 1 is 1.55 bits per heavy atom. The van der Waals surface area contributed by atoms with Crippen LogP contribution < -0.4 is 15.4 Å². The summed E-state index contributed by atoms with van der Waals surface area (Å²) in [5, 5.41) is 6.67. The number of carbonyl (C=O) groups is 1. The van der Waals surface area contributed by atoms with Gasteiger partial charge in [0.2, 0.25) is 0 Å². The first kappa shape index (κ1) is 15.6. The van der Waals surface area contributed by atoms with Gasteiger partial charge in [0.15, 0.2) is 6.61 Å². The van der Waals surface area contributed by atoms with E-state index in [0.29, 0.717) is 23.2 Å². The van der Waals surface area contributed by atoms with Crippen LogP contribution in [0, 0.1) is 5.92 Å². The Morgan fingerprint density at radius 3 is 3.10 bits per heavy atom. The van der Waals surface area contributed by atoms with Gasteiger partial charge < -0.3 is 15.4 Å². The van der Waals surface area contributed by atoms with E-state index < -0.39 is 0 Å². The van der Waals surface area contributed by atoms with Gasteiger partial charge in [-0.2, -0.15) is 0 Å². The molecule has 4 nitrogen and oxygen atoms in total. The average molecular weight is 362 g/mol. The van der Waals surface area contributed by atoms with Crippen molar-refractivity contribution >= 4 is 33.4 Å². The average Bonchev–Trinajstić information content (AvgIpc) is 2.91. The van der Waals surface area contributed by atoms with E-state index in [2.05, 4.69) is 26.6 Å². The van der Waals surface area contributed by atoms with Crippen molar-refractivity contribution in [1.29, 1.82) is 0 Å². The second-order valence-electron chi connectivity index (χ2n) is 4.86. The van der Waals surface area contributed by atoms with Gasteiger partial charge >= 0.3 is 0 Å². The number of amides is 1. The molecule has 20 heavy (non-hydrogen) atoms. The number of benzene rings is 1. The van der Waals surface area contributed by atoms with Crippen molar-refractivity contribution in [2.75, 3.05) is 26.2 Å². The van der Waals surface area contributed by atoms with E-state index in [4.69, 9.17) is 16.3 Å². The Bertz CT molecular complexity index is 464. The molecule has 1 fully saturated rings. The molecule has 110 valence electrons. The van der Waals surface area contributed by atoms with Crippen molar-refractivity contribution in [3.8, 4) is 5.75 Å². The highest BCUT2D eigenvalue weighted by atomic mass is 79.9. The first-order chi connectivity index (χ1) is 9.65. The standard InChI is InChI=1S/C14H18BrClN2O2/c15-11-1-2-13(12(16)7-11)20-9-14(19)18-6-4-10-3-5-17-8-10/h1-2,7,10,17H,3-6,8-9H2,(H,18,19). The molecule has 0 spiro atoms. The van der Waals surface area contributed by atoms with Gasteiger partial charge in [0.25, 0.3) is 5.91 Å². The molecule has 1 aliphatic rings. The smallest absolute Gasteiger partial charge is 0.257 e. The summed E-state index contributed by atoms with van der Waals surface area (Å²) in [7, 11) is 0. The first-order valence-electron chi connectivity index (χ1n) is 6.70. The highest BCUT2D eigenvalue weighted by Gasteiger charge is 2.14. The van der Waals surface area contributed by atoms with Crippen molar-refractivity contribution in [3.05, 3.63) is 27.7 Å². The monoisotopic (exact) mass is 360 g/mol. The SMILES string of the molecule is O=C(COc1ccc(Br)cc1Cl)NCCC1CCNC1. The molecule has 0 saturated carbocycles. The van der Waals surface area contributed by atoms with Crippen LogP contribution >= 0.6 is 27.5 Å². The van der Waals surface area contributed by atoms with E-state index in [1.54, 1.807) is 12.1 Å². The summed E-state index contributed by atoms with van der Waals surface area (Å²) in [6.07, 6.45) is 2.21. The zero-order chi connectivity index (χ0) is 14.4. The number of halogens is 2. The maximum atomic E-state index is 11.7.